The molecule has 0 saturated carbocycles. The molecule has 2 rings (SSSR count). The predicted octanol–water partition coefficient (Wildman–Crippen LogP) is 4.40. The monoisotopic (exact) mass is 342 g/mol. The molecule has 4 nitrogen and oxygen atoms in total. The van der Waals surface area contributed by atoms with Crippen LogP contribution >= 0.6 is 12.2 Å². The molecule has 0 radical (unpaired) electrons. The van der Waals surface area contributed by atoms with Crippen LogP contribution in [0.3, 0.4) is 0 Å². The van der Waals surface area contributed by atoms with Crippen LogP contribution in [0, 0.1) is 0 Å². The van der Waals surface area contributed by atoms with Gasteiger partial charge in [0.25, 0.3) is 0 Å². The summed E-state index contributed by atoms with van der Waals surface area (Å²) < 4.78 is 45.2. The summed E-state index contributed by atoms with van der Waals surface area (Å²) in [5.41, 5.74) is 1.19. The molecular formula is C15H13F3N2O2S. The van der Waals surface area contributed by atoms with E-state index in [1.54, 1.807) is 12.1 Å². The SMILES string of the molecule is COc1ccccc1NC(=S)Nc1ccc(OC(F)(F)F)cc1. The number of hydrogen-bond donors (Lipinski definition) is 2. The van der Waals surface area contributed by atoms with Gasteiger partial charge in [-0.1, -0.05) is 12.1 Å². The summed E-state index contributed by atoms with van der Waals surface area (Å²) in [6.45, 7) is 0. The minimum Gasteiger partial charge on any atom is -0.495 e. The van der Waals surface area contributed by atoms with Gasteiger partial charge in [-0.3, -0.25) is 0 Å². The third-order valence-corrected chi connectivity index (χ3v) is 2.91. The number of hydrogen-bond acceptors (Lipinski definition) is 3. The zero-order valence-corrected chi connectivity index (χ0v) is 12.8. The summed E-state index contributed by atoms with van der Waals surface area (Å²) in [6.07, 6.45) is -4.71. The maximum atomic E-state index is 12.1. The first-order valence-electron chi connectivity index (χ1n) is 6.44. The molecule has 122 valence electrons. The Morgan fingerprint density at radius 3 is 2.26 bits per heavy atom. The van der Waals surface area contributed by atoms with Gasteiger partial charge >= 0.3 is 6.36 Å². The van der Waals surface area contributed by atoms with Gasteiger partial charge in [0.05, 0.1) is 12.8 Å². The van der Waals surface area contributed by atoms with Gasteiger partial charge in [-0.2, -0.15) is 0 Å². The van der Waals surface area contributed by atoms with Gasteiger partial charge in [-0.15, -0.1) is 13.2 Å². The summed E-state index contributed by atoms with van der Waals surface area (Å²) in [5.74, 6) is 0.317. The highest BCUT2D eigenvalue weighted by Gasteiger charge is 2.30. The highest BCUT2D eigenvalue weighted by atomic mass is 32.1. The van der Waals surface area contributed by atoms with Crippen molar-refractivity contribution in [3.8, 4) is 11.5 Å². The van der Waals surface area contributed by atoms with E-state index < -0.39 is 6.36 Å². The Morgan fingerprint density at radius 2 is 1.65 bits per heavy atom. The normalized spacial score (nSPS) is 10.8. The Hall–Kier alpha value is -2.48. The Labute approximate surface area is 136 Å². The van der Waals surface area contributed by atoms with Crippen LogP contribution in [-0.4, -0.2) is 18.6 Å². The van der Waals surface area contributed by atoms with Gasteiger partial charge in [0, 0.05) is 5.69 Å². The molecule has 0 fully saturated rings. The lowest BCUT2D eigenvalue weighted by molar-refractivity contribution is -0.274. The van der Waals surface area contributed by atoms with E-state index in [2.05, 4.69) is 15.4 Å². The molecule has 2 aromatic rings. The molecule has 0 saturated heterocycles. The van der Waals surface area contributed by atoms with E-state index in [4.69, 9.17) is 17.0 Å². The Morgan fingerprint density at radius 1 is 1.00 bits per heavy atom. The van der Waals surface area contributed by atoms with E-state index in [9.17, 15) is 13.2 Å². The minimum absolute atomic E-state index is 0.277. The summed E-state index contributed by atoms with van der Waals surface area (Å²) in [7, 11) is 1.54. The van der Waals surface area contributed by atoms with E-state index in [-0.39, 0.29) is 10.9 Å². The smallest absolute Gasteiger partial charge is 0.495 e. The number of ether oxygens (including phenoxy) is 2. The minimum atomic E-state index is -4.71. The molecule has 2 N–H and O–H groups in total. The van der Waals surface area contributed by atoms with Crippen LogP contribution in [0.5, 0.6) is 11.5 Å². The van der Waals surface area contributed by atoms with Gasteiger partial charge < -0.3 is 20.1 Å². The maximum absolute atomic E-state index is 12.1. The van der Waals surface area contributed by atoms with Crippen LogP contribution < -0.4 is 20.1 Å². The first-order valence-corrected chi connectivity index (χ1v) is 6.85. The van der Waals surface area contributed by atoms with Gasteiger partial charge in [0.15, 0.2) is 5.11 Å². The number of halogens is 3. The summed E-state index contributed by atoms with van der Waals surface area (Å²) >= 11 is 5.16. The van der Waals surface area contributed by atoms with E-state index in [1.165, 1.54) is 31.4 Å². The van der Waals surface area contributed by atoms with E-state index in [1.807, 2.05) is 12.1 Å². The first-order chi connectivity index (χ1) is 10.9. The third kappa shape index (κ3) is 5.33. The predicted molar refractivity (Wildman–Crippen MR) is 86.0 cm³/mol. The fraction of sp³-hybridized carbons (Fsp3) is 0.133. The molecule has 0 spiro atoms. The van der Waals surface area contributed by atoms with E-state index in [0.29, 0.717) is 17.1 Å². The number of benzene rings is 2. The highest BCUT2D eigenvalue weighted by Crippen LogP contribution is 2.25. The van der Waals surface area contributed by atoms with Gasteiger partial charge in [-0.25, -0.2) is 0 Å². The zero-order valence-electron chi connectivity index (χ0n) is 12.0. The lowest BCUT2D eigenvalue weighted by atomic mass is 10.3. The molecule has 0 bridgehead atoms. The molecule has 0 amide bonds. The Kier molecular flexibility index (Phi) is 5.28. The van der Waals surface area contributed by atoms with Crippen LogP contribution in [0.2, 0.25) is 0 Å². The molecule has 0 heterocycles. The third-order valence-electron chi connectivity index (χ3n) is 2.70. The van der Waals surface area contributed by atoms with Crippen molar-refractivity contribution in [1.82, 2.24) is 0 Å². The zero-order chi connectivity index (χ0) is 16.9. The van der Waals surface area contributed by atoms with Crippen molar-refractivity contribution >= 4 is 28.7 Å². The van der Waals surface area contributed by atoms with Crippen LogP contribution in [0.1, 0.15) is 0 Å². The molecule has 0 unspecified atom stereocenters. The average Bonchev–Trinajstić information content (AvgIpc) is 2.48. The van der Waals surface area contributed by atoms with Gasteiger partial charge in [-0.05, 0) is 48.6 Å². The highest BCUT2D eigenvalue weighted by molar-refractivity contribution is 7.80. The van der Waals surface area contributed by atoms with E-state index >= 15 is 0 Å². The topological polar surface area (TPSA) is 42.5 Å². The molecule has 0 atom stereocenters. The van der Waals surface area contributed by atoms with E-state index in [0.717, 1.165) is 0 Å². The van der Waals surface area contributed by atoms with Crippen LogP contribution in [0.4, 0.5) is 24.5 Å². The Balaban J connectivity index is 1.98. The molecule has 0 aromatic heterocycles. The maximum Gasteiger partial charge on any atom is 0.573 e. The summed E-state index contributed by atoms with van der Waals surface area (Å²) in [5, 5.41) is 6.08. The van der Waals surface area contributed by atoms with Crippen molar-refractivity contribution in [1.29, 1.82) is 0 Å². The van der Waals surface area contributed by atoms with Gasteiger partial charge in [0.1, 0.15) is 11.5 Å². The number of para-hydroxylation sites is 2. The second-order valence-corrected chi connectivity index (χ2v) is 4.76. The summed E-state index contributed by atoms with van der Waals surface area (Å²) in [4.78, 5) is 0. The van der Waals surface area contributed by atoms with Crippen molar-refractivity contribution in [2.45, 2.75) is 6.36 Å². The molecular weight excluding hydrogens is 329 g/mol. The number of methoxy groups -OCH3 is 1. The van der Waals surface area contributed by atoms with Crippen LogP contribution in [0.15, 0.2) is 48.5 Å². The van der Waals surface area contributed by atoms with Crippen molar-refractivity contribution in [2.75, 3.05) is 17.7 Å². The van der Waals surface area contributed by atoms with Gasteiger partial charge in [0.2, 0.25) is 0 Å². The lowest BCUT2D eigenvalue weighted by Crippen LogP contribution is -2.19. The average molecular weight is 342 g/mol. The van der Waals surface area contributed by atoms with Crippen molar-refractivity contribution in [3.63, 3.8) is 0 Å². The van der Waals surface area contributed by atoms with Crippen LogP contribution in [0.25, 0.3) is 0 Å². The molecule has 0 aliphatic carbocycles. The quantitative estimate of drug-likeness (QED) is 0.806. The van der Waals surface area contributed by atoms with Crippen molar-refractivity contribution < 1.29 is 22.6 Å². The molecule has 8 heteroatoms. The largest absolute Gasteiger partial charge is 0.573 e. The fourth-order valence-corrected chi connectivity index (χ4v) is 2.00. The molecule has 0 aliphatic rings. The number of alkyl halides is 3. The first kappa shape index (κ1) is 16.9. The molecule has 0 aliphatic heterocycles. The standard InChI is InChI=1S/C15H13F3N2O2S/c1-21-13-5-3-2-4-12(13)20-14(23)19-10-6-8-11(9-7-10)22-15(16,17)18/h2-9H,1H3,(H2,19,20,23). The molecule has 2 aromatic carbocycles. The van der Waals surface area contributed by atoms with Crippen LogP contribution in [-0.2, 0) is 0 Å². The number of rotatable bonds is 4. The lowest BCUT2D eigenvalue weighted by Gasteiger charge is -2.14. The fourth-order valence-electron chi connectivity index (χ4n) is 1.77. The second kappa shape index (κ2) is 7.19. The number of nitrogens with one attached hydrogen (secondary N) is 2. The number of thiocarbonyl (C=S) groups is 1. The van der Waals surface area contributed by atoms with Crippen molar-refractivity contribution in [3.05, 3.63) is 48.5 Å². The number of anilines is 2. The summed E-state index contributed by atoms with van der Waals surface area (Å²) in [6, 6.07) is 12.4. The Bertz CT molecular complexity index is 675. The molecule has 23 heavy (non-hydrogen) atoms. The second-order valence-electron chi connectivity index (χ2n) is 4.35. The van der Waals surface area contributed by atoms with Crippen molar-refractivity contribution in [2.24, 2.45) is 0 Å².